The fourth-order valence-corrected chi connectivity index (χ4v) is 4.68. The van der Waals surface area contributed by atoms with E-state index in [9.17, 15) is 31.1 Å². The molecule has 1 saturated heterocycles. The van der Waals surface area contributed by atoms with Crippen LogP contribution in [0.1, 0.15) is 21.5 Å². The fraction of sp³-hybridized carbons (Fsp3) is 0.300. The molecule has 1 aromatic heterocycles. The van der Waals surface area contributed by atoms with Gasteiger partial charge in [0.15, 0.2) is 5.13 Å². The van der Waals surface area contributed by atoms with Crippen LogP contribution in [0.5, 0.6) is 0 Å². The number of hydrogen-bond donors (Lipinski definition) is 0. The lowest BCUT2D eigenvalue weighted by Gasteiger charge is -2.34. The summed E-state index contributed by atoms with van der Waals surface area (Å²) < 4.78 is 79.4. The minimum atomic E-state index is -5.01. The molecule has 0 spiro atoms. The van der Waals surface area contributed by atoms with Gasteiger partial charge in [-0.25, -0.2) is 4.98 Å². The number of aromatic nitrogens is 1. The third-order valence-corrected chi connectivity index (χ3v) is 6.33. The van der Waals surface area contributed by atoms with Crippen LogP contribution in [0, 0.1) is 0 Å². The van der Waals surface area contributed by atoms with Gasteiger partial charge in [0.1, 0.15) is 0 Å². The number of fused-ring (bicyclic) bond motifs is 1. The van der Waals surface area contributed by atoms with E-state index in [1.807, 2.05) is 4.90 Å². The van der Waals surface area contributed by atoms with E-state index in [1.165, 1.54) is 16.2 Å². The maximum Gasteiger partial charge on any atom is 0.416 e. The molecular formula is C20H14ClF6N3OS. The van der Waals surface area contributed by atoms with E-state index in [4.69, 9.17) is 11.6 Å². The van der Waals surface area contributed by atoms with Crippen molar-refractivity contribution >= 4 is 44.2 Å². The van der Waals surface area contributed by atoms with Crippen LogP contribution >= 0.6 is 22.9 Å². The molecule has 0 saturated carbocycles. The first-order chi connectivity index (χ1) is 14.9. The van der Waals surface area contributed by atoms with Gasteiger partial charge in [-0.15, -0.1) is 0 Å². The second-order valence-corrected chi connectivity index (χ2v) is 8.63. The summed E-state index contributed by atoms with van der Waals surface area (Å²) in [4.78, 5) is 20.4. The number of benzene rings is 2. The number of amides is 1. The van der Waals surface area contributed by atoms with Crippen LogP contribution in [-0.4, -0.2) is 42.0 Å². The van der Waals surface area contributed by atoms with Crippen molar-refractivity contribution in [1.29, 1.82) is 0 Å². The highest BCUT2D eigenvalue weighted by atomic mass is 35.5. The first kappa shape index (κ1) is 22.7. The van der Waals surface area contributed by atoms with Crippen LogP contribution in [0.4, 0.5) is 31.5 Å². The third-order valence-electron chi connectivity index (χ3n) is 5.01. The number of anilines is 1. The molecule has 4 rings (SSSR count). The van der Waals surface area contributed by atoms with E-state index in [0.29, 0.717) is 35.4 Å². The zero-order valence-electron chi connectivity index (χ0n) is 16.1. The molecule has 32 heavy (non-hydrogen) atoms. The molecule has 1 aliphatic heterocycles. The predicted molar refractivity (Wildman–Crippen MR) is 109 cm³/mol. The Kier molecular flexibility index (Phi) is 5.74. The Hall–Kier alpha value is -2.53. The number of thiazole rings is 1. The molecular weight excluding hydrogens is 480 g/mol. The number of halogens is 7. The number of nitrogens with zero attached hydrogens (tertiary/aromatic N) is 3. The van der Waals surface area contributed by atoms with E-state index in [1.54, 1.807) is 18.2 Å². The summed E-state index contributed by atoms with van der Waals surface area (Å²) in [5.41, 5.74) is -2.91. The van der Waals surface area contributed by atoms with Crippen molar-refractivity contribution in [2.75, 3.05) is 31.1 Å². The maximum absolute atomic E-state index is 13.1. The first-order valence-corrected chi connectivity index (χ1v) is 10.5. The minimum Gasteiger partial charge on any atom is -0.345 e. The van der Waals surface area contributed by atoms with Crippen LogP contribution in [-0.2, 0) is 12.4 Å². The minimum absolute atomic E-state index is 0.00804. The number of piperazine rings is 1. The van der Waals surface area contributed by atoms with Crippen molar-refractivity contribution in [3.05, 3.63) is 58.1 Å². The molecule has 4 nitrogen and oxygen atoms in total. The summed E-state index contributed by atoms with van der Waals surface area (Å²) in [6, 6.07) is 6.21. The summed E-state index contributed by atoms with van der Waals surface area (Å²) >= 11 is 7.39. The van der Waals surface area contributed by atoms with Gasteiger partial charge in [-0.1, -0.05) is 22.9 Å². The molecule has 0 unspecified atom stereocenters. The molecule has 0 atom stereocenters. The van der Waals surface area contributed by atoms with Crippen LogP contribution < -0.4 is 4.90 Å². The SMILES string of the molecule is O=C(c1cc(C(F)(F)F)cc(C(F)(F)F)c1)N1CCN(c2nc3ccc(Cl)cc3s2)CC1. The molecule has 3 aromatic rings. The van der Waals surface area contributed by atoms with Gasteiger partial charge in [0.05, 0.1) is 21.3 Å². The van der Waals surface area contributed by atoms with Gasteiger partial charge in [-0.3, -0.25) is 4.79 Å². The molecule has 0 N–H and O–H groups in total. The van der Waals surface area contributed by atoms with Gasteiger partial charge in [-0.05, 0) is 36.4 Å². The van der Waals surface area contributed by atoms with Crippen molar-refractivity contribution in [2.45, 2.75) is 12.4 Å². The first-order valence-electron chi connectivity index (χ1n) is 9.31. The standard InChI is InChI=1S/C20H14ClF6N3OS/c21-14-1-2-15-16(10-14)32-18(28-15)30-5-3-29(4-6-30)17(31)11-7-12(19(22,23)24)9-13(8-11)20(25,26)27/h1-2,7-10H,3-6H2. The highest BCUT2D eigenvalue weighted by Crippen LogP contribution is 2.37. The molecule has 12 heteroatoms. The van der Waals surface area contributed by atoms with Crippen LogP contribution in [0.15, 0.2) is 36.4 Å². The molecule has 1 fully saturated rings. The highest BCUT2D eigenvalue weighted by molar-refractivity contribution is 7.22. The lowest BCUT2D eigenvalue weighted by Crippen LogP contribution is -2.48. The second-order valence-electron chi connectivity index (χ2n) is 7.18. The molecule has 2 heterocycles. The molecule has 0 radical (unpaired) electrons. The summed E-state index contributed by atoms with van der Waals surface area (Å²) in [7, 11) is 0. The maximum atomic E-state index is 13.1. The Morgan fingerprint density at radius 2 is 1.50 bits per heavy atom. The van der Waals surface area contributed by atoms with Crippen LogP contribution in [0.25, 0.3) is 10.2 Å². The molecule has 170 valence electrons. The summed E-state index contributed by atoms with van der Waals surface area (Å²) in [5, 5.41) is 1.27. The normalized spacial score (nSPS) is 15.5. The highest BCUT2D eigenvalue weighted by Gasteiger charge is 2.38. The molecule has 0 bridgehead atoms. The Bertz CT molecular complexity index is 1140. The van der Waals surface area contributed by atoms with Crippen molar-refractivity contribution in [3.63, 3.8) is 0 Å². The van der Waals surface area contributed by atoms with Gasteiger partial charge >= 0.3 is 12.4 Å². The Morgan fingerprint density at radius 1 is 0.906 bits per heavy atom. The van der Waals surface area contributed by atoms with Crippen LogP contribution in [0.3, 0.4) is 0 Å². The second kappa shape index (κ2) is 8.11. The number of carbonyl (C=O) groups is 1. The van der Waals surface area contributed by atoms with Crippen molar-refractivity contribution in [2.24, 2.45) is 0 Å². The third kappa shape index (κ3) is 4.63. The van der Waals surface area contributed by atoms with Crippen molar-refractivity contribution < 1.29 is 31.1 Å². The Labute approximate surface area is 187 Å². The molecule has 1 amide bonds. The summed E-state index contributed by atoms with van der Waals surface area (Å²) in [5.74, 6) is -0.877. The zero-order valence-corrected chi connectivity index (χ0v) is 17.7. The van der Waals surface area contributed by atoms with Gasteiger partial charge in [0, 0.05) is 36.8 Å². The van der Waals surface area contributed by atoms with Gasteiger partial charge in [0.25, 0.3) is 5.91 Å². The monoisotopic (exact) mass is 493 g/mol. The Balaban J connectivity index is 1.52. The number of alkyl halides is 6. The molecule has 0 aliphatic carbocycles. The molecule has 2 aromatic carbocycles. The topological polar surface area (TPSA) is 36.4 Å². The molecule has 1 aliphatic rings. The van der Waals surface area contributed by atoms with Crippen molar-refractivity contribution in [3.8, 4) is 0 Å². The van der Waals surface area contributed by atoms with E-state index in [2.05, 4.69) is 4.98 Å². The zero-order chi connectivity index (χ0) is 23.3. The quantitative estimate of drug-likeness (QED) is 0.414. The van der Waals surface area contributed by atoms with Crippen molar-refractivity contribution in [1.82, 2.24) is 9.88 Å². The average Bonchev–Trinajstić information content (AvgIpc) is 3.15. The van der Waals surface area contributed by atoms with Gasteiger partial charge < -0.3 is 9.80 Å². The number of rotatable bonds is 2. The van der Waals surface area contributed by atoms with E-state index in [0.717, 1.165) is 10.2 Å². The summed E-state index contributed by atoms with van der Waals surface area (Å²) in [6.45, 7) is 0.939. The number of hydrogen-bond acceptors (Lipinski definition) is 4. The lowest BCUT2D eigenvalue weighted by atomic mass is 10.0. The summed E-state index contributed by atoms with van der Waals surface area (Å²) in [6.07, 6.45) is -10.0. The predicted octanol–water partition coefficient (Wildman–Crippen LogP) is 5.95. The van der Waals surface area contributed by atoms with E-state index >= 15 is 0 Å². The Morgan fingerprint density at radius 3 is 2.06 bits per heavy atom. The lowest BCUT2D eigenvalue weighted by molar-refractivity contribution is -0.143. The smallest absolute Gasteiger partial charge is 0.345 e. The van der Waals surface area contributed by atoms with Gasteiger partial charge in [0.2, 0.25) is 0 Å². The van der Waals surface area contributed by atoms with E-state index in [-0.39, 0.29) is 19.2 Å². The largest absolute Gasteiger partial charge is 0.416 e. The van der Waals surface area contributed by atoms with Gasteiger partial charge in [-0.2, -0.15) is 26.3 Å². The fourth-order valence-electron chi connectivity index (χ4n) is 3.38. The van der Waals surface area contributed by atoms with E-state index < -0.39 is 35.0 Å². The average molecular weight is 494 g/mol. The number of carbonyl (C=O) groups excluding carboxylic acids is 1. The van der Waals surface area contributed by atoms with Crippen LogP contribution in [0.2, 0.25) is 5.02 Å².